The van der Waals surface area contributed by atoms with Crippen LogP contribution in [0, 0.1) is 17.8 Å². The second-order valence-corrected chi connectivity index (χ2v) is 7.11. The number of piperidine rings is 1. The van der Waals surface area contributed by atoms with Gasteiger partial charge < -0.3 is 21.3 Å². The van der Waals surface area contributed by atoms with Crippen LogP contribution in [0.25, 0.3) is 0 Å². The number of likely N-dealkylation sites (tertiary alicyclic amines) is 2. The highest BCUT2D eigenvalue weighted by atomic mass is 15.2. The summed E-state index contributed by atoms with van der Waals surface area (Å²) < 4.78 is 0. The van der Waals surface area contributed by atoms with Crippen molar-refractivity contribution in [1.29, 1.82) is 0 Å². The lowest BCUT2D eigenvalue weighted by atomic mass is 9.85. The van der Waals surface area contributed by atoms with Crippen molar-refractivity contribution in [2.45, 2.75) is 25.8 Å². The molecule has 4 nitrogen and oxygen atoms in total. The van der Waals surface area contributed by atoms with Crippen LogP contribution in [0.5, 0.6) is 0 Å². The van der Waals surface area contributed by atoms with E-state index in [1.54, 1.807) is 0 Å². The molecule has 2 saturated heterocycles. The molecule has 3 unspecified atom stereocenters. The minimum absolute atomic E-state index is 0.0176. The summed E-state index contributed by atoms with van der Waals surface area (Å²) in [6.45, 7) is 11.1. The molecule has 0 aromatic heterocycles. The van der Waals surface area contributed by atoms with E-state index in [0.29, 0.717) is 11.8 Å². The van der Waals surface area contributed by atoms with Crippen LogP contribution in [0.4, 0.5) is 0 Å². The maximum absolute atomic E-state index is 6.33. The maximum atomic E-state index is 6.33. The van der Waals surface area contributed by atoms with Gasteiger partial charge in [0.25, 0.3) is 0 Å². The Morgan fingerprint density at radius 2 is 2.00 bits per heavy atom. The molecule has 0 spiro atoms. The molecule has 2 rings (SSSR count). The number of nitrogens with zero attached hydrogens (tertiary/aromatic N) is 2. The van der Waals surface area contributed by atoms with Crippen molar-refractivity contribution in [3.8, 4) is 0 Å². The van der Waals surface area contributed by atoms with Crippen LogP contribution in [-0.4, -0.2) is 61.7 Å². The van der Waals surface area contributed by atoms with E-state index in [1.165, 1.54) is 26.2 Å². The third-order valence-electron chi connectivity index (χ3n) is 4.62. The van der Waals surface area contributed by atoms with Crippen LogP contribution in [0.2, 0.25) is 0 Å². The van der Waals surface area contributed by atoms with Crippen LogP contribution in [0.15, 0.2) is 0 Å². The van der Waals surface area contributed by atoms with E-state index in [4.69, 9.17) is 11.5 Å². The molecule has 0 amide bonds. The van der Waals surface area contributed by atoms with E-state index in [-0.39, 0.29) is 5.54 Å². The number of nitrogens with two attached hydrogens (primary N) is 2. The fraction of sp³-hybridized carbons (Fsp3) is 1.00. The lowest BCUT2D eigenvalue weighted by Gasteiger charge is -2.41. The molecule has 4 atom stereocenters. The summed E-state index contributed by atoms with van der Waals surface area (Å²) >= 11 is 0. The first-order valence-electron chi connectivity index (χ1n) is 7.29. The van der Waals surface area contributed by atoms with Gasteiger partial charge in [0.15, 0.2) is 0 Å². The van der Waals surface area contributed by atoms with E-state index >= 15 is 0 Å². The second-order valence-electron chi connectivity index (χ2n) is 7.11. The first kappa shape index (κ1) is 14.3. The van der Waals surface area contributed by atoms with Crippen molar-refractivity contribution in [2.75, 3.05) is 46.3 Å². The van der Waals surface area contributed by atoms with Gasteiger partial charge in [0.05, 0.1) is 0 Å². The Morgan fingerprint density at radius 1 is 1.28 bits per heavy atom. The minimum atomic E-state index is -0.0176. The van der Waals surface area contributed by atoms with Gasteiger partial charge >= 0.3 is 0 Å². The maximum Gasteiger partial charge on any atom is 0.0258 e. The molecular formula is C14H30N4. The third kappa shape index (κ3) is 3.44. The normalized spacial score (nSPS) is 43.5. The van der Waals surface area contributed by atoms with Gasteiger partial charge in [-0.1, -0.05) is 6.92 Å². The molecule has 0 bridgehead atoms. The van der Waals surface area contributed by atoms with E-state index in [1.807, 2.05) is 0 Å². The van der Waals surface area contributed by atoms with Gasteiger partial charge in [0, 0.05) is 38.3 Å². The Labute approximate surface area is 112 Å². The molecule has 0 saturated carbocycles. The number of likely N-dealkylation sites (N-methyl/N-ethyl adjacent to an activating group) is 1. The highest BCUT2D eigenvalue weighted by Gasteiger charge is 2.35. The third-order valence-corrected chi connectivity index (χ3v) is 4.62. The zero-order valence-corrected chi connectivity index (χ0v) is 12.2. The van der Waals surface area contributed by atoms with Gasteiger partial charge in [-0.2, -0.15) is 0 Å². The van der Waals surface area contributed by atoms with Gasteiger partial charge in [0.2, 0.25) is 0 Å². The highest BCUT2D eigenvalue weighted by Crippen LogP contribution is 2.27. The fourth-order valence-electron chi connectivity index (χ4n) is 4.00. The van der Waals surface area contributed by atoms with Gasteiger partial charge in [-0.3, -0.25) is 0 Å². The Kier molecular flexibility index (Phi) is 4.32. The van der Waals surface area contributed by atoms with Crippen molar-refractivity contribution in [1.82, 2.24) is 9.80 Å². The Hall–Kier alpha value is -0.160. The van der Waals surface area contributed by atoms with Crippen LogP contribution in [0.3, 0.4) is 0 Å². The highest BCUT2D eigenvalue weighted by molar-refractivity contribution is 4.92. The molecule has 2 fully saturated rings. The summed E-state index contributed by atoms with van der Waals surface area (Å²) in [6, 6.07) is 0. The van der Waals surface area contributed by atoms with E-state index in [2.05, 4.69) is 30.7 Å². The predicted octanol–water partition coefficient (Wildman–Crippen LogP) is 0.182. The topological polar surface area (TPSA) is 58.5 Å². The Bertz CT molecular complexity index is 279. The molecule has 2 aliphatic rings. The summed E-state index contributed by atoms with van der Waals surface area (Å²) in [6.07, 6.45) is 1.15. The van der Waals surface area contributed by atoms with Gasteiger partial charge in [0.1, 0.15) is 0 Å². The summed E-state index contributed by atoms with van der Waals surface area (Å²) in [7, 11) is 2.19. The first-order chi connectivity index (χ1) is 8.39. The lowest BCUT2D eigenvalue weighted by Crippen LogP contribution is -2.55. The smallest absolute Gasteiger partial charge is 0.0258 e. The Balaban J connectivity index is 1.86. The van der Waals surface area contributed by atoms with Crippen LogP contribution >= 0.6 is 0 Å². The largest absolute Gasteiger partial charge is 0.330 e. The molecule has 18 heavy (non-hydrogen) atoms. The molecule has 0 radical (unpaired) electrons. The molecular weight excluding hydrogens is 224 g/mol. The zero-order valence-electron chi connectivity index (χ0n) is 12.2. The first-order valence-corrected chi connectivity index (χ1v) is 7.29. The van der Waals surface area contributed by atoms with Crippen molar-refractivity contribution in [3.63, 3.8) is 0 Å². The van der Waals surface area contributed by atoms with Crippen molar-refractivity contribution in [3.05, 3.63) is 0 Å². The number of rotatable bonds is 3. The summed E-state index contributed by atoms with van der Waals surface area (Å²) in [5.74, 6) is 2.15. The second kappa shape index (κ2) is 5.45. The molecule has 0 aliphatic carbocycles. The van der Waals surface area contributed by atoms with Crippen LogP contribution in [-0.2, 0) is 0 Å². The molecule has 2 heterocycles. The molecule has 0 aromatic rings. The summed E-state index contributed by atoms with van der Waals surface area (Å²) in [5.41, 5.74) is 12.1. The number of hydrogen-bond donors (Lipinski definition) is 2. The number of hydrogen-bond acceptors (Lipinski definition) is 4. The molecule has 0 aromatic carbocycles. The van der Waals surface area contributed by atoms with Crippen LogP contribution in [0.1, 0.15) is 20.3 Å². The fourth-order valence-corrected chi connectivity index (χ4v) is 4.00. The lowest BCUT2D eigenvalue weighted by molar-refractivity contribution is 0.110. The average Bonchev–Trinajstić information content (AvgIpc) is 2.55. The van der Waals surface area contributed by atoms with Crippen molar-refractivity contribution >= 4 is 0 Å². The van der Waals surface area contributed by atoms with E-state index in [0.717, 1.165) is 25.4 Å². The van der Waals surface area contributed by atoms with E-state index in [9.17, 15) is 0 Å². The predicted molar refractivity (Wildman–Crippen MR) is 76.3 cm³/mol. The summed E-state index contributed by atoms with van der Waals surface area (Å²) in [5, 5.41) is 0. The Morgan fingerprint density at radius 3 is 2.56 bits per heavy atom. The summed E-state index contributed by atoms with van der Waals surface area (Å²) in [4.78, 5) is 4.98. The zero-order chi connectivity index (χ0) is 13.3. The monoisotopic (exact) mass is 254 g/mol. The molecule has 4 heteroatoms. The van der Waals surface area contributed by atoms with Gasteiger partial charge in [-0.25, -0.2) is 0 Å². The van der Waals surface area contributed by atoms with Crippen LogP contribution < -0.4 is 11.5 Å². The van der Waals surface area contributed by atoms with E-state index < -0.39 is 0 Å². The average molecular weight is 254 g/mol. The van der Waals surface area contributed by atoms with Gasteiger partial charge in [-0.05, 0) is 44.7 Å². The standard InChI is InChI=1S/C14H30N4/c1-11-6-18(9-13(11)5-15)8-12-4-14(2,16)10-17(3)7-12/h11-13H,4-10,15-16H2,1-3H3/t11?,12?,13?,14-/m1/s1. The van der Waals surface area contributed by atoms with Crippen molar-refractivity contribution < 1.29 is 0 Å². The molecule has 2 aliphatic heterocycles. The van der Waals surface area contributed by atoms with Gasteiger partial charge in [-0.15, -0.1) is 0 Å². The SMILES string of the molecule is CC1CN(CC2CN(C)C[C@](C)(N)C2)CC1CN. The molecule has 4 N–H and O–H groups in total. The van der Waals surface area contributed by atoms with Crippen molar-refractivity contribution in [2.24, 2.45) is 29.2 Å². The molecule has 106 valence electrons. The minimum Gasteiger partial charge on any atom is -0.330 e. The quantitative estimate of drug-likeness (QED) is 0.754.